The monoisotopic (exact) mass is 256 g/mol. The molecule has 0 saturated carbocycles. The maximum absolute atomic E-state index is 11.8. The molecule has 0 spiro atoms. The summed E-state index contributed by atoms with van der Waals surface area (Å²) in [4.78, 5) is 11.8. The minimum atomic E-state index is -1.18. The second-order valence-electron chi connectivity index (χ2n) is 4.75. The summed E-state index contributed by atoms with van der Waals surface area (Å²) in [6, 6.07) is 14.0. The van der Waals surface area contributed by atoms with Crippen molar-refractivity contribution in [2.45, 2.75) is 19.3 Å². The molecule has 0 aliphatic heterocycles. The van der Waals surface area contributed by atoms with Gasteiger partial charge in [-0.05, 0) is 36.6 Å². The Balaban J connectivity index is 2.71. The molecule has 1 atom stereocenters. The van der Waals surface area contributed by atoms with Crippen LogP contribution >= 0.6 is 0 Å². The van der Waals surface area contributed by atoms with Gasteiger partial charge in [-0.3, -0.25) is 4.79 Å². The van der Waals surface area contributed by atoms with E-state index >= 15 is 0 Å². The van der Waals surface area contributed by atoms with Crippen LogP contribution < -0.4 is 0 Å². The average Bonchev–Trinajstić information content (AvgIpc) is 2.42. The van der Waals surface area contributed by atoms with Crippen LogP contribution in [0.3, 0.4) is 0 Å². The highest BCUT2D eigenvalue weighted by Gasteiger charge is 2.38. The van der Waals surface area contributed by atoms with Crippen molar-refractivity contribution >= 4 is 5.97 Å². The summed E-state index contributed by atoms with van der Waals surface area (Å²) in [5, 5.41) is 19.5. The number of hydrogen-bond donors (Lipinski definition) is 2. The molecule has 2 rings (SSSR count). The fourth-order valence-electron chi connectivity index (χ4n) is 2.33. The van der Waals surface area contributed by atoms with Crippen molar-refractivity contribution in [1.29, 1.82) is 0 Å². The first-order valence-electron chi connectivity index (χ1n) is 6.06. The van der Waals surface area contributed by atoms with Crippen LogP contribution in [0.4, 0.5) is 0 Å². The third-order valence-electron chi connectivity index (χ3n) is 3.62. The number of benzene rings is 2. The van der Waals surface area contributed by atoms with Gasteiger partial charge in [0.2, 0.25) is 0 Å². The minimum Gasteiger partial charge on any atom is -0.508 e. The molecule has 2 aromatic rings. The number of carboxylic acids is 1. The summed E-state index contributed by atoms with van der Waals surface area (Å²) in [6.07, 6.45) is 0. The van der Waals surface area contributed by atoms with E-state index in [1.54, 1.807) is 44.2 Å². The summed E-state index contributed by atoms with van der Waals surface area (Å²) < 4.78 is 0. The van der Waals surface area contributed by atoms with Crippen LogP contribution in [0.15, 0.2) is 48.5 Å². The van der Waals surface area contributed by atoms with Gasteiger partial charge in [-0.2, -0.15) is 0 Å². The highest BCUT2D eigenvalue weighted by atomic mass is 16.4. The fraction of sp³-hybridized carbons (Fsp3) is 0.188. The van der Waals surface area contributed by atoms with Gasteiger partial charge in [0.25, 0.3) is 0 Å². The molecule has 0 aromatic heterocycles. The third kappa shape index (κ3) is 2.08. The number of phenols is 1. The molecule has 0 radical (unpaired) electrons. The second-order valence-corrected chi connectivity index (χ2v) is 4.75. The Morgan fingerprint density at radius 2 is 1.68 bits per heavy atom. The summed E-state index contributed by atoms with van der Waals surface area (Å²) >= 11 is 0. The topological polar surface area (TPSA) is 57.5 Å². The molecule has 0 amide bonds. The number of hydrogen-bond acceptors (Lipinski definition) is 2. The maximum Gasteiger partial charge on any atom is 0.318 e. The number of carbonyl (C=O) groups is 1. The molecular formula is C16H16O3. The Morgan fingerprint density at radius 1 is 1.05 bits per heavy atom. The van der Waals surface area contributed by atoms with Gasteiger partial charge in [0.1, 0.15) is 11.2 Å². The molecule has 2 aromatic carbocycles. The van der Waals surface area contributed by atoms with E-state index < -0.39 is 11.4 Å². The average molecular weight is 256 g/mol. The minimum absolute atomic E-state index is 0.112. The number of rotatable bonds is 3. The molecule has 0 aliphatic carbocycles. The van der Waals surface area contributed by atoms with Gasteiger partial charge in [-0.1, -0.05) is 42.5 Å². The Bertz CT molecular complexity index is 605. The van der Waals surface area contributed by atoms with Crippen LogP contribution in [-0.4, -0.2) is 16.2 Å². The molecule has 2 N–H and O–H groups in total. The van der Waals surface area contributed by atoms with Crippen molar-refractivity contribution in [3.05, 3.63) is 65.2 Å². The van der Waals surface area contributed by atoms with Crippen LogP contribution in [-0.2, 0) is 10.2 Å². The number of carboxylic acid groups (broad SMARTS) is 1. The van der Waals surface area contributed by atoms with E-state index in [-0.39, 0.29) is 5.75 Å². The lowest BCUT2D eigenvalue weighted by Crippen LogP contribution is -2.34. The predicted octanol–water partition coefficient (Wildman–Crippen LogP) is 3.09. The molecule has 3 heteroatoms. The molecule has 0 bridgehead atoms. The zero-order valence-electron chi connectivity index (χ0n) is 10.9. The van der Waals surface area contributed by atoms with Crippen LogP contribution in [0.25, 0.3) is 0 Å². The zero-order valence-corrected chi connectivity index (χ0v) is 10.9. The van der Waals surface area contributed by atoms with E-state index in [1.165, 1.54) is 0 Å². The van der Waals surface area contributed by atoms with E-state index in [9.17, 15) is 15.0 Å². The largest absolute Gasteiger partial charge is 0.508 e. The summed E-state index contributed by atoms with van der Waals surface area (Å²) in [7, 11) is 0. The first kappa shape index (κ1) is 13.1. The standard InChI is InChI=1S/C16H16O3/c1-11-13(9-6-10-14(11)17)16(2,15(18)19)12-7-4-3-5-8-12/h3-10,17H,1-2H3,(H,18,19). The smallest absolute Gasteiger partial charge is 0.318 e. The normalized spacial score (nSPS) is 13.8. The lowest BCUT2D eigenvalue weighted by molar-refractivity contribution is -0.141. The summed E-state index contributed by atoms with van der Waals surface area (Å²) in [5.74, 6) is -0.826. The van der Waals surface area contributed by atoms with Gasteiger partial charge >= 0.3 is 5.97 Å². The van der Waals surface area contributed by atoms with Crippen LogP contribution in [0, 0.1) is 6.92 Å². The summed E-state index contributed by atoms with van der Waals surface area (Å²) in [5.41, 5.74) is 0.711. The van der Waals surface area contributed by atoms with Crippen molar-refractivity contribution in [2.24, 2.45) is 0 Å². The van der Waals surface area contributed by atoms with Crippen molar-refractivity contribution in [3.63, 3.8) is 0 Å². The van der Waals surface area contributed by atoms with Gasteiger partial charge in [0, 0.05) is 0 Å². The molecule has 3 nitrogen and oxygen atoms in total. The van der Waals surface area contributed by atoms with E-state index in [0.29, 0.717) is 16.7 Å². The van der Waals surface area contributed by atoms with Crippen molar-refractivity contribution in [2.75, 3.05) is 0 Å². The Kier molecular flexibility index (Phi) is 3.30. The van der Waals surface area contributed by atoms with Gasteiger partial charge in [0.05, 0.1) is 0 Å². The first-order chi connectivity index (χ1) is 8.98. The molecule has 98 valence electrons. The van der Waals surface area contributed by atoms with Gasteiger partial charge in [-0.15, -0.1) is 0 Å². The highest BCUT2D eigenvalue weighted by molar-refractivity contribution is 5.86. The van der Waals surface area contributed by atoms with Crippen LogP contribution in [0.2, 0.25) is 0 Å². The Hall–Kier alpha value is -2.29. The highest BCUT2D eigenvalue weighted by Crippen LogP contribution is 2.36. The molecule has 1 unspecified atom stereocenters. The van der Waals surface area contributed by atoms with E-state index in [1.807, 2.05) is 18.2 Å². The molecule has 0 saturated heterocycles. The number of phenolic OH excluding ortho intramolecular Hbond substituents is 1. The lowest BCUT2D eigenvalue weighted by Gasteiger charge is -2.28. The molecule has 19 heavy (non-hydrogen) atoms. The fourth-order valence-corrected chi connectivity index (χ4v) is 2.33. The maximum atomic E-state index is 11.8. The van der Waals surface area contributed by atoms with E-state index in [0.717, 1.165) is 0 Å². The lowest BCUT2D eigenvalue weighted by atomic mass is 9.74. The van der Waals surface area contributed by atoms with Crippen molar-refractivity contribution in [3.8, 4) is 5.75 Å². The van der Waals surface area contributed by atoms with E-state index in [4.69, 9.17) is 0 Å². The van der Waals surface area contributed by atoms with Crippen molar-refractivity contribution in [1.82, 2.24) is 0 Å². The Morgan fingerprint density at radius 3 is 2.26 bits per heavy atom. The van der Waals surface area contributed by atoms with Crippen LogP contribution in [0.5, 0.6) is 5.75 Å². The molecular weight excluding hydrogens is 240 g/mol. The first-order valence-corrected chi connectivity index (χ1v) is 6.06. The quantitative estimate of drug-likeness (QED) is 0.887. The van der Waals surface area contributed by atoms with Gasteiger partial charge in [0.15, 0.2) is 0 Å². The van der Waals surface area contributed by atoms with Gasteiger partial charge in [-0.25, -0.2) is 0 Å². The Labute approximate surface area is 112 Å². The van der Waals surface area contributed by atoms with E-state index in [2.05, 4.69) is 0 Å². The van der Waals surface area contributed by atoms with Gasteiger partial charge < -0.3 is 10.2 Å². The van der Waals surface area contributed by atoms with Crippen molar-refractivity contribution < 1.29 is 15.0 Å². The summed E-state index contributed by atoms with van der Waals surface area (Å²) in [6.45, 7) is 3.39. The number of aromatic hydroxyl groups is 1. The third-order valence-corrected chi connectivity index (χ3v) is 3.62. The van der Waals surface area contributed by atoms with Crippen LogP contribution in [0.1, 0.15) is 23.6 Å². The molecule has 0 aliphatic rings. The second kappa shape index (κ2) is 4.76. The number of aliphatic carboxylic acids is 1. The molecule has 0 fully saturated rings. The SMILES string of the molecule is Cc1c(O)cccc1C(C)(C(=O)O)c1ccccc1. The zero-order chi connectivity index (χ0) is 14.0. The predicted molar refractivity (Wildman–Crippen MR) is 73.4 cm³/mol. The molecule has 0 heterocycles.